The number of para-hydroxylation sites is 2. The molecule has 2 N–H and O–H groups in total. The van der Waals surface area contributed by atoms with Gasteiger partial charge in [-0.2, -0.15) is 5.26 Å². The Kier molecular flexibility index (Phi) is 6.91. The predicted octanol–water partition coefficient (Wildman–Crippen LogP) is 4.49. The lowest BCUT2D eigenvalue weighted by Gasteiger charge is -2.12. The van der Waals surface area contributed by atoms with E-state index >= 15 is 0 Å². The van der Waals surface area contributed by atoms with Crippen LogP contribution in [0.1, 0.15) is 22.5 Å². The summed E-state index contributed by atoms with van der Waals surface area (Å²) >= 11 is 0. The van der Waals surface area contributed by atoms with E-state index in [4.69, 9.17) is 9.47 Å². The Bertz CT molecular complexity index is 1690. The number of carbonyl (C=O) groups excluding carboxylic acids is 1. The van der Waals surface area contributed by atoms with Crippen molar-refractivity contribution in [3.8, 4) is 29.0 Å². The molecule has 0 atom stereocenters. The van der Waals surface area contributed by atoms with Crippen molar-refractivity contribution < 1.29 is 18.8 Å². The van der Waals surface area contributed by atoms with E-state index in [2.05, 4.69) is 20.0 Å². The highest BCUT2D eigenvalue weighted by atomic mass is 16.5. The van der Waals surface area contributed by atoms with Gasteiger partial charge in [0.05, 0.1) is 36.1 Å². The van der Waals surface area contributed by atoms with Gasteiger partial charge in [-0.05, 0) is 42.5 Å². The number of aromatic amines is 1. The number of amides is 1. The van der Waals surface area contributed by atoms with E-state index in [0.717, 1.165) is 16.7 Å². The van der Waals surface area contributed by atoms with Crippen molar-refractivity contribution in [3.05, 3.63) is 94.6 Å². The third-order valence-corrected chi connectivity index (χ3v) is 5.90. The van der Waals surface area contributed by atoms with Crippen LogP contribution < -0.4 is 20.5 Å². The highest BCUT2D eigenvalue weighted by Gasteiger charge is 2.19. The molecule has 0 aliphatic heterocycles. The van der Waals surface area contributed by atoms with Gasteiger partial charge in [0.1, 0.15) is 17.2 Å². The summed E-state index contributed by atoms with van der Waals surface area (Å²) in [5, 5.41) is 16.7. The molecule has 0 spiro atoms. The molecule has 0 unspecified atom stereocenters. The summed E-state index contributed by atoms with van der Waals surface area (Å²) in [7, 11) is 1.79. The number of nitrogens with zero attached hydrogens (tertiary/aromatic N) is 3. The van der Waals surface area contributed by atoms with Crippen molar-refractivity contribution in [3.63, 3.8) is 0 Å². The average Bonchev–Trinajstić information content (AvgIpc) is 3.52. The van der Waals surface area contributed by atoms with Crippen LogP contribution in [0.15, 0.2) is 82.1 Å². The number of aromatic nitrogens is 3. The van der Waals surface area contributed by atoms with Gasteiger partial charge in [0.25, 0.3) is 5.91 Å². The molecule has 0 bridgehead atoms. The second kappa shape index (κ2) is 10.8. The first-order chi connectivity index (χ1) is 18.5. The quantitative estimate of drug-likeness (QED) is 0.279. The van der Waals surface area contributed by atoms with Crippen LogP contribution in [0.3, 0.4) is 0 Å². The highest BCUT2D eigenvalue weighted by Crippen LogP contribution is 2.30. The largest absolute Gasteiger partial charge is 0.493 e. The number of hydrogen-bond donors (Lipinski definition) is 2. The minimum Gasteiger partial charge on any atom is -0.493 e. The lowest BCUT2D eigenvalue weighted by Crippen LogP contribution is -2.16. The zero-order valence-electron chi connectivity index (χ0n) is 20.4. The molecule has 2 heterocycles. The maximum atomic E-state index is 13.3. The number of ether oxygens (including phenoxy) is 2. The smallest absolute Gasteiger partial charge is 0.439 e. The van der Waals surface area contributed by atoms with Gasteiger partial charge in [-0.1, -0.05) is 35.5 Å². The zero-order valence-corrected chi connectivity index (χ0v) is 20.4. The number of benzene rings is 3. The van der Waals surface area contributed by atoms with Crippen LogP contribution in [0.4, 0.5) is 5.69 Å². The van der Waals surface area contributed by atoms with E-state index < -0.39 is 5.76 Å². The molecule has 2 aromatic heterocycles. The lowest BCUT2D eigenvalue weighted by atomic mass is 10.1. The van der Waals surface area contributed by atoms with Crippen molar-refractivity contribution >= 4 is 22.5 Å². The third kappa shape index (κ3) is 5.12. The van der Waals surface area contributed by atoms with Crippen molar-refractivity contribution in [2.24, 2.45) is 7.05 Å². The Hall–Kier alpha value is -5.30. The average molecular weight is 510 g/mol. The first-order valence-corrected chi connectivity index (χ1v) is 11.8. The molecule has 5 aromatic rings. The second-order valence-corrected chi connectivity index (χ2v) is 8.42. The molecular weight excluding hydrogens is 486 g/mol. The van der Waals surface area contributed by atoms with Crippen LogP contribution in [-0.4, -0.2) is 33.8 Å². The Balaban J connectivity index is 1.33. The second-order valence-electron chi connectivity index (χ2n) is 8.42. The zero-order chi connectivity index (χ0) is 26.5. The maximum absolute atomic E-state index is 13.3. The molecule has 38 heavy (non-hydrogen) atoms. The number of nitrogens with one attached hydrogen (secondary N) is 2. The molecule has 5 rings (SSSR count). The SMILES string of the molecule is Cn1c(C(=O)Nc2ccc(C#N)cc2-c2noc(=O)[nH]2)cc2cccc(OCCCOc3ccccc3)c21. The van der Waals surface area contributed by atoms with E-state index in [9.17, 15) is 14.9 Å². The lowest BCUT2D eigenvalue weighted by molar-refractivity contribution is 0.101. The minimum atomic E-state index is -0.743. The number of anilines is 1. The Morgan fingerprint density at radius 2 is 1.89 bits per heavy atom. The fraction of sp³-hybridized carbons (Fsp3) is 0.143. The van der Waals surface area contributed by atoms with Gasteiger partial charge in [0.2, 0.25) is 0 Å². The monoisotopic (exact) mass is 509 g/mol. The molecule has 0 saturated carbocycles. The highest BCUT2D eigenvalue weighted by molar-refractivity contribution is 6.08. The van der Waals surface area contributed by atoms with E-state index in [1.165, 1.54) is 6.07 Å². The topological polar surface area (TPSA) is 135 Å². The van der Waals surface area contributed by atoms with Gasteiger partial charge in [-0.3, -0.25) is 14.3 Å². The summed E-state index contributed by atoms with van der Waals surface area (Å²) < 4.78 is 18.1. The van der Waals surface area contributed by atoms with Crippen LogP contribution in [-0.2, 0) is 7.05 Å². The summed E-state index contributed by atoms with van der Waals surface area (Å²) in [5.74, 6) is 0.442. The molecule has 3 aromatic carbocycles. The summed E-state index contributed by atoms with van der Waals surface area (Å²) in [6.45, 7) is 0.966. The van der Waals surface area contributed by atoms with Gasteiger partial charge >= 0.3 is 5.76 Å². The van der Waals surface area contributed by atoms with E-state index in [1.807, 2.05) is 54.6 Å². The molecule has 10 heteroatoms. The van der Waals surface area contributed by atoms with Gasteiger partial charge < -0.3 is 19.4 Å². The van der Waals surface area contributed by atoms with Crippen molar-refractivity contribution in [1.29, 1.82) is 5.26 Å². The number of rotatable bonds is 9. The third-order valence-electron chi connectivity index (χ3n) is 5.90. The molecule has 0 fully saturated rings. The van der Waals surface area contributed by atoms with Crippen LogP contribution >= 0.6 is 0 Å². The molecular formula is C28H23N5O5. The standard InChI is InChI=1S/C28H23N5O5/c1-33-23(27(34)30-22-12-11-18(17-29)15-21(22)26-31-28(35)38-32-26)16-19-7-5-10-24(25(19)33)37-14-6-13-36-20-8-3-2-4-9-20/h2-5,7-12,15-16H,6,13-14H2,1H3,(H,30,34)(H,31,32,35). The fourth-order valence-corrected chi connectivity index (χ4v) is 4.11. The molecule has 0 saturated heterocycles. The molecule has 0 aliphatic rings. The normalized spacial score (nSPS) is 10.7. The van der Waals surface area contributed by atoms with Gasteiger partial charge in [-0.15, -0.1) is 0 Å². The maximum Gasteiger partial charge on any atom is 0.439 e. The number of fused-ring (bicyclic) bond motifs is 1. The van der Waals surface area contributed by atoms with Crippen LogP contribution in [0.5, 0.6) is 11.5 Å². The summed E-state index contributed by atoms with van der Waals surface area (Å²) in [5.41, 5.74) is 2.22. The van der Waals surface area contributed by atoms with Gasteiger partial charge in [0, 0.05) is 24.4 Å². The van der Waals surface area contributed by atoms with E-state index in [1.54, 1.807) is 29.8 Å². The number of hydrogen-bond acceptors (Lipinski definition) is 7. The summed E-state index contributed by atoms with van der Waals surface area (Å²) in [6, 6.07) is 23.7. The molecule has 1 amide bonds. The van der Waals surface area contributed by atoms with Crippen LogP contribution in [0.25, 0.3) is 22.3 Å². The van der Waals surface area contributed by atoms with Crippen LogP contribution in [0.2, 0.25) is 0 Å². The van der Waals surface area contributed by atoms with E-state index in [-0.39, 0.29) is 11.7 Å². The molecule has 10 nitrogen and oxygen atoms in total. The Morgan fingerprint density at radius 1 is 1.08 bits per heavy atom. The van der Waals surface area contributed by atoms with Crippen molar-refractivity contribution in [2.75, 3.05) is 18.5 Å². The Morgan fingerprint density at radius 3 is 2.66 bits per heavy atom. The fourth-order valence-electron chi connectivity index (χ4n) is 4.11. The number of carbonyl (C=O) groups is 1. The minimum absolute atomic E-state index is 0.103. The van der Waals surface area contributed by atoms with Gasteiger partial charge in [-0.25, -0.2) is 4.79 Å². The summed E-state index contributed by atoms with van der Waals surface area (Å²) in [4.78, 5) is 27.2. The molecule has 190 valence electrons. The predicted molar refractivity (Wildman–Crippen MR) is 140 cm³/mol. The van der Waals surface area contributed by atoms with Gasteiger partial charge in [0.15, 0.2) is 5.82 Å². The Labute approximate surface area is 217 Å². The molecule has 0 aliphatic carbocycles. The van der Waals surface area contributed by atoms with Crippen LogP contribution in [0, 0.1) is 11.3 Å². The molecule has 0 radical (unpaired) electrons. The van der Waals surface area contributed by atoms with E-state index in [0.29, 0.717) is 47.9 Å². The van der Waals surface area contributed by atoms with Crippen molar-refractivity contribution in [1.82, 2.24) is 14.7 Å². The van der Waals surface area contributed by atoms with Crippen molar-refractivity contribution in [2.45, 2.75) is 6.42 Å². The first-order valence-electron chi connectivity index (χ1n) is 11.8. The summed E-state index contributed by atoms with van der Waals surface area (Å²) in [6.07, 6.45) is 0.689. The number of aryl methyl sites for hydroxylation is 1. The first kappa shape index (κ1) is 24.4. The number of H-pyrrole nitrogens is 1. The number of nitriles is 1.